The van der Waals surface area contributed by atoms with E-state index in [2.05, 4.69) is 21.8 Å². The van der Waals surface area contributed by atoms with E-state index in [1.54, 1.807) is 12.4 Å². The molecule has 0 radical (unpaired) electrons. The van der Waals surface area contributed by atoms with Gasteiger partial charge in [-0.2, -0.15) is 39.5 Å². The van der Waals surface area contributed by atoms with E-state index < -0.39 is 42.0 Å². The number of carbonyl (C=O) groups is 4. The predicted molar refractivity (Wildman–Crippen MR) is 147 cm³/mol. The minimum atomic E-state index is -5.08. The van der Waals surface area contributed by atoms with Gasteiger partial charge in [-0.15, -0.1) is 0 Å². The van der Waals surface area contributed by atoms with Crippen molar-refractivity contribution in [1.82, 2.24) is 19.7 Å². The van der Waals surface area contributed by atoms with Gasteiger partial charge in [-0.1, -0.05) is 12.1 Å². The van der Waals surface area contributed by atoms with Crippen molar-refractivity contribution in [3.63, 3.8) is 0 Å². The molecule has 1 aromatic heterocycles. The topological polar surface area (TPSA) is 152 Å². The lowest BCUT2D eigenvalue weighted by Gasteiger charge is -2.51. The largest absolute Gasteiger partial charge is 0.490 e. The SMILES string of the molecule is CN1CCN(Cc2ccncc2)C(=O)C12CCN(Cc1ccc(F)cc1)CC2.O=C(O)C(F)(F)F.O=C(O)C(F)(F)F.O=C(O)C(F)(F)F. The first kappa shape index (κ1) is 42.5. The first-order valence-corrected chi connectivity index (χ1v) is 13.7. The minimum absolute atomic E-state index is 0.204. The number of amides is 1. The Kier molecular flexibility index (Phi) is 15.4. The Hall–Kier alpha value is -4.53. The Morgan fingerprint density at radius 2 is 1.08 bits per heavy atom. The number of piperazine rings is 1. The minimum Gasteiger partial charge on any atom is -0.475 e. The molecule has 2 saturated heterocycles. The quantitative estimate of drug-likeness (QED) is 0.387. The summed E-state index contributed by atoms with van der Waals surface area (Å²) in [4.78, 5) is 50.8. The lowest BCUT2D eigenvalue weighted by atomic mass is 9.82. The van der Waals surface area contributed by atoms with E-state index in [0.29, 0.717) is 6.54 Å². The Morgan fingerprint density at radius 3 is 1.47 bits per heavy atom. The van der Waals surface area contributed by atoms with Gasteiger partial charge in [0.15, 0.2) is 0 Å². The van der Waals surface area contributed by atoms with E-state index in [1.165, 1.54) is 12.1 Å². The van der Waals surface area contributed by atoms with Crippen LogP contribution in [0.25, 0.3) is 0 Å². The number of piperidine rings is 1. The molecule has 1 amide bonds. The molecular formula is C28H30F10N4O7. The van der Waals surface area contributed by atoms with Gasteiger partial charge in [0.2, 0.25) is 5.91 Å². The summed E-state index contributed by atoms with van der Waals surface area (Å²) in [5.41, 5.74) is 1.83. The highest BCUT2D eigenvalue weighted by Crippen LogP contribution is 2.34. The molecule has 2 aliphatic rings. The molecule has 21 heteroatoms. The molecule has 1 aromatic carbocycles. The Morgan fingerprint density at radius 1 is 0.694 bits per heavy atom. The lowest BCUT2D eigenvalue weighted by Crippen LogP contribution is -2.67. The number of alkyl halides is 9. The Labute approximate surface area is 271 Å². The lowest BCUT2D eigenvalue weighted by molar-refractivity contribution is -0.193. The Balaban J connectivity index is 0.000000467. The first-order valence-electron chi connectivity index (χ1n) is 13.7. The molecule has 0 saturated carbocycles. The molecule has 2 aromatic rings. The van der Waals surface area contributed by atoms with Crippen molar-refractivity contribution in [2.24, 2.45) is 0 Å². The predicted octanol–water partition coefficient (Wildman–Crippen LogP) is 4.43. The number of likely N-dealkylation sites (tertiary alicyclic amines) is 1. The van der Waals surface area contributed by atoms with Crippen molar-refractivity contribution in [2.75, 3.05) is 33.2 Å². The zero-order valence-electron chi connectivity index (χ0n) is 25.3. The summed E-state index contributed by atoms with van der Waals surface area (Å²) in [6, 6.07) is 10.7. The monoisotopic (exact) mass is 724 g/mol. The van der Waals surface area contributed by atoms with Crippen LogP contribution in [0, 0.1) is 5.82 Å². The van der Waals surface area contributed by atoms with E-state index in [1.807, 2.05) is 29.2 Å². The summed E-state index contributed by atoms with van der Waals surface area (Å²) in [6.07, 6.45) is -10.0. The molecule has 274 valence electrons. The number of nitrogens with zero attached hydrogens (tertiary/aromatic N) is 4. The second kappa shape index (κ2) is 17.7. The summed E-state index contributed by atoms with van der Waals surface area (Å²) < 4.78 is 108. The van der Waals surface area contributed by atoms with Crippen molar-refractivity contribution in [3.05, 3.63) is 65.7 Å². The van der Waals surface area contributed by atoms with Gasteiger partial charge in [0.1, 0.15) is 11.4 Å². The molecule has 0 atom stereocenters. The molecule has 49 heavy (non-hydrogen) atoms. The van der Waals surface area contributed by atoms with Gasteiger partial charge in [-0.05, 0) is 55.3 Å². The average Bonchev–Trinajstić information content (AvgIpc) is 3.00. The maximum atomic E-state index is 13.4. The molecule has 2 fully saturated rings. The van der Waals surface area contributed by atoms with E-state index in [4.69, 9.17) is 29.7 Å². The second-order valence-electron chi connectivity index (χ2n) is 10.3. The number of carbonyl (C=O) groups excluding carboxylic acids is 1. The fourth-order valence-electron chi connectivity index (χ4n) is 4.43. The molecule has 0 bridgehead atoms. The number of aromatic nitrogens is 1. The van der Waals surface area contributed by atoms with E-state index in [-0.39, 0.29) is 11.7 Å². The molecule has 3 N–H and O–H groups in total. The summed E-state index contributed by atoms with van der Waals surface area (Å²) in [6.45, 7) is 4.85. The van der Waals surface area contributed by atoms with Crippen LogP contribution in [-0.2, 0) is 32.3 Å². The zero-order valence-corrected chi connectivity index (χ0v) is 25.3. The highest BCUT2D eigenvalue weighted by atomic mass is 19.4. The third-order valence-electron chi connectivity index (χ3n) is 6.97. The van der Waals surface area contributed by atoms with E-state index >= 15 is 0 Å². The van der Waals surface area contributed by atoms with Crippen molar-refractivity contribution in [1.29, 1.82) is 0 Å². The number of hydrogen-bond acceptors (Lipinski definition) is 7. The van der Waals surface area contributed by atoms with Crippen LogP contribution < -0.4 is 0 Å². The third kappa shape index (κ3) is 14.2. The van der Waals surface area contributed by atoms with Crippen LogP contribution in [-0.4, -0.2) is 116 Å². The molecule has 0 aliphatic carbocycles. The molecular weight excluding hydrogens is 694 g/mol. The van der Waals surface area contributed by atoms with Gasteiger partial charge in [-0.25, -0.2) is 18.8 Å². The number of halogens is 10. The molecule has 4 rings (SSSR count). The van der Waals surface area contributed by atoms with Crippen LogP contribution in [0.1, 0.15) is 24.0 Å². The van der Waals surface area contributed by atoms with Gasteiger partial charge >= 0.3 is 36.4 Å². The van der Waals surface area contributed by atoms with Crippen LogP contribution >= 0.6 is 0 Å². The number of carboxylic acid groups (broad SMARTS) is 3. The van der Waals surface area contributed by atoms with Crippen molar-refractivity contribution < 1.29 is 78.4 Å². The van der Waals surface area contributed by atoms with Gasteiger partial charge in [0.25, 0.3) is 0 Å². The van der Waals surface area contributed by atoms with Crippen LogP contribution in [0.15, 0.2) is 48.8 Å². The summed E-state index contributed by atoms with van der Waals surface area (Å²) >= 11 is 0. The fourth-order valence-corrected chi connectivity index (χ4v) is 4.43. The maximum Gasteiger partial charge on any atom is 0.490 e. The van der Waals surface area contributed by atoms with Gasteiger partial charge in [-0.3, -0.25) is 19.6 Å². The highest BCUT2D eigenvalue weighted by Gasteiger charge is 2.49. The van der Waals surface area contributed by atoms with Gasteiger partial charge in [0.05, 0.1) is 0 Å². The standard InChI is InChI=1S/C22H27FN4O.3C2HF3O2/c1-25-14-15-27(17-19-6-10-24-11-7-19)21(28)22(25)8-12-26(13-9-22)16-18-2-4-20(23)5-3-18;3*3-2(4,5)1(6)7/h2-7,10-11H,8-9,12-17H2,1H3;3*(H,6,7). The van der Waals surface area contributed by atoms with Gasteiger partial charge < -0.3 is 20.2 Å². The average molecular weight is 725 g/mol. The second-order valence-corrected chi connectivity index (χ2v) is 10.3. The van der Waals surface area contributed by atoms with Crippen LogP contribution in [0.5, 0.6) is 0 Å². The zero-order chi connectivity index (χ0) is 37.8. The fraction of sp³-hybridized carbons (Fsp3) is 0.464. The van der Waals surface area contributed by atoms with Crippen molar-refractivity contribution in [3.8, 4) is 0 Å². The number of pyridine rings is 1. The molecule has 11 nitrogen and oxygen atoms in total. The molecule has 3 heterocycles. The molecule has 0 unspecified atom stereocenters. The van der Waals surface area contributed by atoms with Crippen molar-refractivity contribution in [2.45, 2.75) is 50.0 Å². The molecule has 1 spiro atoms. The number of aliphatic carboxylic acids is 3. The van der Waals surface area contributed by atoms with Crippen LogP contribution in [0.4, 0.5) is 43.9 Å². The smallest absolute Gasteiger partial charge is 0.475 e. The number of hydrogen-bond donors (Lipinski definition) is 3. The van der Waals surface area contributed by atoms with E-state index in [0.717, 1.165) is 56.7 Å². The van der Waals surface area contributed by atoms with E-state index in [9.17, 15) is 48.7 Å². The molecule has 2 aliphatic heterocycles. The summed E-state index contributed by atoms with van der Waals surface area (Å²) in [5, 5.41) is 21.4. The number of carboxylic acids is 3. The maximum absolute atomic E-state index is 13.4. The number of benzene rings is 1. The van der Waals surface area contributed by atoms with Crippen LogP contribution in [0.3, 0.4) is 0 Å². The Bertz CT molecular complexity index is 1320. The number of rotatable bonds is 4. The van der Waals surface area contributed by atoms with Gasteiger partial charge in [0, 0.05) is 51.7 Å². The normalized spacial score (nSPS) is 16.6. The number of likely N-dealkylation sites (N-methyl/N-ethyl adjacent to an activating group) is 1. The van der Waals surface area contributed by atoms with Crippen molar-refractivity contribution >= 4 is 23.8 Å². The summed E-state index contributed by atoms with van der Waals surface area (Å²) in [5.74, 6) is -8.22. The highest BCUT2D eigenvalue weighted by molar-refractivity contribution is 5.87. The first-order chi connectivity index (χ1) is 22.4. The van der Waals surface area contributed by atoms with Crippen LogP contribution in [0.2, 0.25) is 0 Å². The third-order valence-corrected chi connectivity index (χ3v) is 6.97. The summed E-state index contributed by atoms with van der Waals surface area (Å²) in [7, 11) is 2.08.